The average molecular weight is 392 g/mol. The summed E-state index contributed by atoms with van der Waals surface area (Å²) in [6.07, 6.45) is 0. The van der Waals surface area contributed by atoms with Crippen molar-refractivity contribution >= 4 is 17.6 Å². The van der Waals surface area contributed by atoms with Crippen LogP contribution in [0.4, 0.5) is 5.69 Å². The fourth-order valence-corrected chi connectivity index (χ4v) is 3.01. The second-order valence-corrected chi connectivity index (χ2v) is 7.11. The van der Waals surface area contributed by atoms with E-state index >= 15 is 0 Å². The van der Waals surface area contributed by atoms with Gasteiger partial charge < -0.3 is 14.5 Å². The largest absolute Gasteiger partial charge is 0.451 e. The number of para-hydroxylation sites is 1. The summed E-state index contributed by atoms with van der Waals surface area (Å²) in [5, 5.41) is 2.85. The Labute approximate surface area is 169 Å². The zero-order valence-corrected chi connectivity index (χ0v) is 17.0. The quantitative estimate of drug-likeness (QED) is 0.605. The molecule has 0 aliphatic carbocycles. The maximum atomic E-state index is 12.4. The van der Waals surface area contributed by atoms with E-state index < -0.39 is 18.5 Å². The van der Waals surface area contributed by atoms with Gasteiger partial charge in [-0.05, 0) is 43.0 Å². The molecule has 6 heteroatoms. The Kier molecular flexibility index (Phi) is 6.12. The molecule has 3 rings (SSSR count). The number of hydrogen-bond donors (Lipinski definition) is 1. The molecular formula is C23H24N2O4. The summed E-state index contributed by atoms with van der Waals surface area (Å²) in [5.74, 6) is -0.172. The molecule has 0 spiro atoms. The van der Waals surface area contributed by atoms with Gasteiger partial charge in [0.05, 0.1) is 0 Å². The van der Waals surface area contributed by atoms with Crippen molar-refractivity contribution in [1.82, 2.24) is 4.98 Å². The van der Waals surface area contributed by atoms with Gasteiger partial charge in [-0.15, -0.1) is 0 Å². The first kappa shape index (κ1) is 20.3. The Bertz CT molecular complexity index is 1020. The molecule has 0 radical (unpaired) electrons. The van der Waals surface area contributed by atoms with Crippen LogP contribution in [0.5, 0.6) is 0 Å². The average Bonchev–Trinajstić information content (AvgIpc) is 3.10. The molecule has 2 aromatic carbocycles. The third kappa shape index (κ3) is 4.71. The van der Waals surface area contributed by atoms with Crippen molar-refractivity contribution in [2.75, 3.05) is 11.9 Å². The van der Waals surface area contributed by atoms with E-state index in [1.54, 1.807) is 6.92 Å². The van der Waals surface area contributed by atoms with E-state index in [-0.39, 0.29) is 11.6 Å². The van der Waals surface area contributed by atoms with Crippen LogP contribution in [0.3, 0.4) is 0 Å². The summed E-state index contributed by atoms with van der Waals surface area (Å²) < 4.78 is 10.7. The van der Waals surface area contributed by atoms with E-state index in [1.807, 2.05) is 55.5 Å². The number of nitrogens with one attached hydrogen (secondary N) is 1. The summed E-state index contributed by atoms with van der Waals surface area (Å²) in [4.78, 5) is 29.0. The van der Waals surface area contributed by atoms with Gasteiger partial charge in [-0.3, -0.25) is 4.79 Å². The third-order valence-corrected chi connectivity index (χ3v) is 4.54. The number of benzene rings is 2. The van der Waals surface area contributed by atoms with Crippen LogP contribution < -0.4 is 5.32 Å². The summed E-state index contributed by atoms with van der Waals surface area (Å²) in [6.45, 7) is 7.28. The molecule has 1 aromatic heterocycles. The van der Waals surface area contributed by atoms with E-state index in [0.717, 1.165) is 22.4 Å². The number of hydrogen-bond acceptors (Lipinski definition) is 5. The van der Waals surface area contributed by atoms with Crippen LogP contribution in [-0.2, 0) is 9.53 Å². The first-order chi connectivity index (χ1) is 13.9. The van der Waals surface area contributed by atoms with Crippen LogP contribution >= 0.6 is 0 Å². The highest BCUT2D eigenvalue weighted by atomic mass is 16.5. The molecule has 0 atom stereocenters. The molecule has 1 N–H and O–H groups in total. The van der Waals surface area contributed by atoms with Crippen molar-refractivity contribution in [3.05, 3.63) is 71.1 Å². The minimum absolute atomic E-state index is 0.0652. The molecule has 29 heavy (non-hydrogen) atoms. The Hall–Kier alpha value is -3.41. The van der Waals surface area contributed by atoms with Crippen molar-refractivity contribution in [3.63, 3.8) is 0 Å². The lowest BCUT2D eigenvalue weighted by Gasteiger charge is -2.16. The van der Waals surface area contributed by atoms with Crippen molar-refractivity contribution in [3.8, 4) is 11.5 Å². The van der Waals surface area contributed by atoms with Gasteiger partial charge in [0.2, 0.25) is 5.89 Å². The highest BCUT2D eigenvalue weighted by Crippen LogP contribution is 2.27. The smallest absolute Gasteiger partial charge is 0.361 e. The van der Waals surface area contributed by atoms with Crippen LogP contribution in [0.2, 0.25) is 0 Å². The Morgan fingerprint density at radius 1 is 1.07 bits per heavy atom. The highest BCUT2D eigenvalue weighted by Gasteiger charge is 2.21. The van der Waals surface area contributed by atoms with Crippen LogP contribution in [-0.4, -0.2) is 23.5 Å². The second kappa shape index (κ2) is 8.73. The number of ether oxygens (including phenoxy) is 1. The normalized spacial score (nSPS) is 10.8. The summed E-state index contributed by atoms with van der Waals surface area (Å²) >= 11 is 0. The molecule has 6 nitrogen and oxygen atoms in total. The molecular weight excluding hydrogens is 368 g/mol. The van der Waals surface area contributed by atoms with Gasteiger partial charge in [0, 0.05) is 11.3 Å². The lowest BCUT2D eigenvalue weighted by Crippen LogP contribution is -2.22. The number of amides is 1. The molecule has 1 amide bonds. The van der Waals surface area contributed by atoms with Crippen LogP contribution in [0.25, 0.3) is 11.5 Å². The summed E-state index contributed by atoms with van der Waals surface area (Å²) in [6, 6.07) is 15.1. The number of anilines is 1. The lowest BCUT2D eigenvalue weighted by molar-refractivity contribution is -0.119. The number of aryl methyl sites for hydroxylation is 2. The molecule has 0 fully saturated rings. The topological polar surface area (TPSA) is 81.4 Å². The summed E-state index contributed by atoms with van der Waals surface area (Å²) in [7, 11) is 0. The van der Waals surface area contributed by atoms with Gasteiger partial charge in [0.15, 0.2) is 12.3 Å². The molecule has 1 heterocycles. The first-order valence-corrected chi connectivity index (χ1v) is 9.46. The fraction of sp³-hybridized carbons (Fsp3) is 0.261. The fourth-order valence-electron chi connectivity index (χ4n) is 3.01. The first-order valence-electron chi connectivity index (χ1n) is 9.46. The Morgan fingerprint density at radius 3 is 2.48 bits per heavy atom. The van der Waals surface area contributed by atoms with E-state index in [1.165, 1.54) is 0 Å². The van der Waals surface area contributed by atoms with Gasteiger partial charge >= 0.3 is 5.97 Å². The molecule has 0 aliphatic rings. The van der Waals surface area contributed by atoms with E-state index in [0.29, 0.717) is 11.7 Å². The minimum Gasteiger partial charge on any atom is -0.451 e. The van der Waals surface area contributed by atoms with Crippen molar-refractivity contribution in [2.24, 2.45) is 0 Å². The predicted octanol–water partition coefficient (Wildman–Crippen LogP) is 4.88. The standard InChI is InChI=1S/C23H24N2O4/c1-14(2)18-12-8-9-15(3)20(18)24-19(26)13-28-23(27)21-16(4)29-22(25-21)17-10-6-5-7-11-17/h5-12,14H,13H2,1-4H3,(H,24,26). The van der Waals surface area contributed by atoms with Crippen molar-refractivity contribution in [2.45, 2.75) is 33.6 Å². The van der Waals surface area contributed by atoms with Gasteiger partial charge in [-0.25, -0.2) is 9.78 Å². The lowest BCUT2D eigenvalue weighted by atomic mass is 9.98. The molecule has 0 bridgehead atoms. The number of carbonyl (C=O) groups excluding carboxylic acids is 2. The van der Waals surface area contributed by atoms with Crippen LogP contribution in [0, 0.1) is 13.8 Å². The predicted molar refractivity (Wildman–Crippen MR) is 111 cm³/mol. The van der Waals surface area contributed by atoms with E-state index in [4.69, 9.17) is 9.15 Å². The maximum Gasteiger partial charge on any atom is 0.361 e. The number of carbonyl (C=O) groups is 2. The summed E-state index contributed by atoms with van der Waals surface area (Å²) in [5.41, 5.74) is 3.57. The Morgan fingerprint density at radius 2 is 1.79 bits per heavy atom. The third-order valence-electron chi connectivity index (χ3n) is 4.54. The van der Waals surface area contributed by atoms with Crippen LogP contribution in [0.15, 0.2) is 52.9 Å². The van der Waals surface area contributed by atoms with E-state index in [2.05, 4.69) is 24.1 Å². The van der Waals surface area contributed by atoms with Gasteiger partial charge in [-0.1, -0.05) is 50.2 Å². The highest BCUT2D eigenvalue weighted by molar-refractivity contribution is 5.96. The van der Waals surface area contributed by atoms with Gasteiger partial charge in [0.1, 0.15) is 5.76 Å². The molecule has 0 unspecified atom stereocenters. The molecule has 150 valence electrons. The maximum absolute atomic E-state index is 12.4. The Balaban J connectivity index is 1.66. The SMILES string of the molecule is Cc1cccc(C(C)C)c1NC(=O)COC(=O)c1nc(-c2ccccc2)oc1C. The molecule has 3 aromatic rings. The molecule has 0 saturated carbocycles. The van der Waals surface area contributed by atoms with Crippen molar-refractivity contribution in [1.29, 1.82) is 0 Å². The van der Waals surface area contributed by atoms with E-state index in [9.17, 15) is 9.59 Å². The van der Waals surface area contributed by atoms with Gasteiger partial charge in [0.25, 0.3) is 5.91 Å². The molecule has 0 saturated heterocycles. The number of rotatable bonds is 6. The molecule has 0 aliphatic heterocycles. The zero-order valence-electron chi connectivity index (χ0n) is 17.0. The minimum atomic E-state index is -0.697. The van der Waals surface area contributed by atoms with Crippen molar-refractivity contribution < 1.29 is 18.7 Å². The number of nitrogens with zero attached hydrogens (tertiary/aromatic N) is 1. The number of oxazole rings is 1. The number of esters is 1. The van der Waals surface area contributed by atoms with Gasteiger partial charge in [-0.2, -0.15) is 0 Å². The second-order valence-electron chi connectivity index (χ2n) is 7.11. The monoisotopic (exact) mass is 392 g/mol. The number of aromatic nitrogens is 1. The zero-order chi connectivity index (χ0) is 21.0. The van der Waals surface area contributed by atoms with Crippen LogP contribution in [0.1, 0.15) is 47.1 Å².